The molecule has 0 spiro atoms. The van der Waals surface area contributed by atoms with Gasteiger partial charge in [0.2, 0.25) is 0 Å². The summed E-state index contributed by atoms with van der Waals surface area (Å²) in [5, 5.41) is 10.0. The van der Waals surface area contributed by atoms with Gasteiger partial charge in [0.05, 0.1) is 12.3 Å². The van der Waals surface area contributed by atoms with E-state index in [0.29, 0.717) is 23.6 Å². The predicted octanol–water partition coefficient (Wildman–Crippen LogP) is 2.21. The van der Waals surface area contributed by atoms with Crippen LogP contribution in [-0.4, -0.2) is 17.8 Å². The van der Waals surface area contributed by atoms with Crippen molar-refractivity contribution < 1.29 is 9.84 Å². The lowest BCUT2D eigenvalue weighted by Crippen LogP contribution is -2.19. The molecule has 0 saturated carbocycles. The van der Waals surface area contributed by atoms with Gasteiger partial charge in [-0.1, -0.05) is 30.3 Å². The molecule has 1 unspecified atom stereocenters. The van der Waals surface area contributed by atoms with Gasteiger partial charge in [-0.15, -0.1) is 0 Å². The van der Waals surface area contributed by atoms with Crippen LogP contribution in [0.5, 0.6) is 0 Å². The second kappa shape index (κ2) is 5.56. The summed E-state index contributed by atoms with van der Waals surface area (Å²) in [6.45, 7) is 2.41. The van der Waals surface area contributed by atoms with Crippen LogP contribution in [0.15, 0.2) is 59.5 Å². The maximum atomic E-state index is 10.0. The van der Waals surface area contributed by atoms with Gasteiger partial charge in [0.1, 0.15) is 11.9 Å². The fourth-order valence-corrected chi connectivity index (χ4v) is 1.87. The largest absolute Gasteiger partial charge is 0.491 e. The van der Waals surface area contributed by atoms with Gasteiger partial charge in [-0.25, -0.2) is 0 Å². The molecule has 1 aromatic rings. The number of benzene rings is 1. The fraction of sp³-hybridized carbons (Fsp3) is 0.200. The molecule has 3 heteroatoms. The zero-order chi connectivity index (χ0) is 13.0. The minimum Gasteiger partial charge on any atom is -0.491 e. The van der Waals surface area contributed by atoms with Crippen molar-refractivity contribution in [3.05, 3.63) is 65.1 Å². The van der Waals surface area contributed by atoms with E-state index in [-0.39, 0.29) is 0 Å². The van der Waals surface area contributed by atoms with Gasteiger partial charge in [-0.2, -0.15) is 0 Å². The van der Waals surface area contributed by atoms with Crippen LogP contribution in [0.1, 0.15) is 12.5 Å². The Morgan fingerprint density at radius 2 is 2.06 bits per heavy atom. The molecule has 3 N–H and O–H groups in total. The van der Waals surface area contributed by atoms with E-state index >= 15 is 0 Å². The quantitative estimate of drug-likeness (QED) is 0.855. The zero-order valence-corrected chi connectivity index (χ0v) is 10.3. The third kappa shape index (κ3) is 2.63. The molecule has 94 valence electrons. The van der Waals surface area contributed by atoms with Crippen LogP contribution in [0.3, 0.4) is 0 Å². The molecule has 3 nitrogen and oxygen atoms in total. The van der Waals surface area contributed by atoms with Crippen molar-refractivity contribution in [3.63, 3.8) is 0 Å². The standard InChI is InChI=1S/C15H17NO2/c1-2-18-15-12(14(17)9-8-13(15)16)10-11-6-4-3-5-7-11/h3-10,14,17H,2,16H2,1H3. The van der Waals surface area contributed by atoms with Gasteiger partial charge in [0.15, 0.2) is 0 Å². The van der Waals surface area contributed by atoms with Gasteiger partial charge in [0, 0.05) is 5.57 Å². The van der Waals surface area contributed by atoms with Crippen LogP contribution in [0.4, 0.5) is 0 Å². The Balaban J connectivity index is 2.40. The fourth-order valence-electron chi connectivity index (χ4n) is 1.87. The highest BCUT2D eigenvalue weighted by Gasteiger charge is 2.20. The number of aliphatic hydroxyl groups excluding tert-OH is 1. The van der Waals surface area contributed by atoms with E-state index in [1.165, 1.54) is 0 Å². The Morgan fingerprint density at radius 1 is 1.33 bits per heavy atom. The Kier molecular flexibility index (Phi) is 3.85. The van der Waals surface area contributed by atoms with Gasteiger partial charge < -0.3 is 15.6 Å². The summed E-state index contributed by atoms with van der Waals surface area (Å²) in [5.41, 5.74) is 8.14. The second-order valence-corrected chi connectivity index (χ2v) is 4.03. The van der Waals surface area contributed by atoms with E-state index in [9.17, 15) is 5.11 Å². The van der Waals surface area contributed by atoms with Crippen LogP contribution in [-0.2, 0) is 4.74 Å². The third-order valence-electron chi connectivity index (χ3n) is 2.71. The average molecular weight is 243 g/mol. The molecule has 2 rings (SSSR count). The summed E-state index contributed by atoms with van der Waals surface area (Å²) in [5.74, 6) is 0.566. The molecular weight excluding hydrogens is 226 g/mol. The monoisotopic (exact) mass is 243 g/mol. The highest BCUT2D eigenvalue weighted by molar-refractivity contribution is 5.62. The first kappa shape index (κ1) is 12.5. The van der Waals surface area contributed by atoms with E-state index in [4.69, 9.17) is 10.5 Å². The molecule has 0 radical (unpaired) electrons. The molecule has 1 aliphatic rings. The minimum atomic E-state index is -0.681. The molecule has 0 heterocycles. The highest BCUT2D eigenvalue weighted by atomic mass is 16.5. The van der Waals surface area contributed by atoms with Gasteiger partial charge in [-0.3, -0.25) is 0 Å². The SMILES string of the molecule is CCOC1=C(N)C=CC(O)C1=Cc1ccccc1. The molecule has 1 aliphatic carbocycles. The summed E-state index contributed by atoms with van der Waals surface area (Å²) < 4.78 is 5.53. The van der Waals surface area contributed by atoms with Crippen molar-refractivity contribution in [2.24, 2.45) is 5.73 Å². The number of aliphatic hydroxyl groups is 1. The number of ether oxygens (including phenoxy) is 1. The third-order valence-corrected chi connectivity index (χ3v) is 2.71. The van der Waals surface area contributed by atoms with Crippen molar-refractivity contribution in [1.82, 2.24) is 0 Å². The number of rotatable bonds is 3. The predicted molar refractivity (Wildman–Crippen MR) is 72.4 cm³/mol. The van der Waals surface area contributed by atoms with Crippen molar-refractivity contribution in [1.29, 1.82) is 0 Å². The van der Waals surface area contributed by atoms with E-state index < -0.39 is 6.10 Å². The maximum absolute atomic E-state index is 10.0. The van der Waals surface area contributed by atoms with Crippen LogP contribution in [0.2, 0.25) is 0 Å². The van der Waals surface area contributed by atoms with E-state index in [0.717, 1.165) is 5.56 Å². The average Bonchev–Trinajstić information content (AvgIpc) is 2.39. The molecule has 0 aliphatic heterocycles. The molecule has 0 saturated heterocycles. The van der Waals surface area contributed by atoms with Gasteiger partial charge in [-0.05, 0) is 30.7 Å². The normalized spacial score (nSPS) is 21.4. The van der Waals surface area contributed by atoms with Crippen molar-refractivity contribution in [3.8, 4) is 0 Å². The molecule has 0 fully saturated rings. The number of hydrogen-bond donors (Lipinski definition) is 2. The van der Waals surface area contributed by atoms with Gasteiger partial charge in [0.25, 0.3) is 0 Å². The van der Waals surface area contributed by atoms with Crippen LogP contribution in [0.25, 0.3) is 6.08 Å². The van der Waals surface area contributed by atoms with Crippen LogP contribution >= 0.6 is 0 Å². The zero-order valence-electron chi connectivity index (χ0n) is 10.3. The highest BCUT2D eigenvalue weighted by Crippen LogP contribution is 2.26. The summed E-state index contributed by atoms with van der Waals surface area (Å²) >= 11 is 0. The summed E-state index contributed by atoms with van der Waals surface area (Å²) in [6, 6.07) is 9.79. The first-order chi connectivity index (χ1) is 8.72. The molecule has 1 aromatic carbocycles. The van der Waals surface area contributed by atoms with E-state index in [1.807, 2.05) is 43.3 Å². The Labute approximate surface area is 107 Å². The molecule has 1 atom stereocenters. The van der Waals surface area contributed by atoms with Crippen molar-refractivity contribution in [2.45, 2.75) is 13.0 Å². The molecular formula is C15H17NO2. The lowest BCUT2D eigenvalue weighted by molar-refractivity contribution is 0.201. The minimum absolute atomic E-state index is 0.517. The van der Waals surface area contributed by atoms with Crippen molar-refractivity contribution >= 4 is 6.08 Å². The number of nitrogens with two attached hydrogens (primary N) is 1. The Morgan fingerprint density at radius 3 is 2.72 bits per heavy atom. The molecule has 18 heavy (non-hydrogen) atoms. The first-order valence-corrected chi connectivity index (χ1v) is 5.98. The summed E-state index contributed by atoms with van der Waals surface area (Å²) in [4.78, 5) is 0. The molecule has 0 amide bonds. The van der Waals surface area contributed by atoms with E-state index in [2.05, 4.69) is 0 Å². The van der Waals surface area contributed by atoms with Gasteiger partial charge >= 0.3 is 0 Å². The van der Waals surface area contributed by atoms with Crippen LogP contribution in [0, 0.1) is 0 Å². The lowest BCUT2D eigenvalue weighted by Gasteiger charge is -2.21. The number of allylic oxidation sites excluding steroid dienone is 1. The van der Waals surface area contributed by atoms with Crippen LogP contribution < -0.4 is 5.73 Å². The number of hydrogen-bond acceptors (Lipinski definition) is 3. The maximum Gasteiger partial charge on any atom is 0.148 e. The summed E-state index contributed by atoms with van der Waals surface area (Å²) in [7, 11) is 0. The van der Waals surface area contributed by atoms with Crippen molar-refractivity contribution in [2.75, 3.05) is 6.61 Å². The summed E-state index contributed by atoms with van der Waals surface area (Å²) in [6.07, 6.45) is 4.55. The van der Waals surface area contributed by atoms with E-state index in [1.54, 1.807) is 12.2 Å². The molecule has 0 aromatic heterocycles. The first-order valence-electron chi connectivity index (χ1n) is 5.98. The Hall–Kier alpha value is -2.00. The smallest absolute Gasteiger partial charge is 0.148 e. The lowest BCUT2D eigenvalue weighted by atomic mass is 9.98. The topological polar surface area (TPSA) is 55.5 Å². The Bertz CT molecular complexity index is 500. The molecule has 0 bridgehead atoms. The second-order valence-electron chi connectivity index (χ2n) is 4.03.